The Morgan fingerprint density at radius 2 is 1.74 bits per heavy atom. The Kier molecular flexibility index (Phi) is 10.1. The van der Waals surface area contributed by atoms with Crippen LogP contribution in [0.4, 0.5) is 0 Å². The molecule has 2 amide bonds. The van der Waals surface area contributed by atoms with Crippen LogP contribution in [0.15, 0.2) is 48.5 Å². The van der Waals surface area contributed by atoms with Crippen molar-refractivity contribution >= 4 is 11.8 Å². The molecule has 1 atom stereocenters. The number of nitrogens with one attached hydrogen (secondary N) is 1. The number of rotatable bonds is 12. The Morgan fingerprint density at radius 3 is 2.39 bits per heavy atom. The molecular formula is C26H36N2O3. The lowest BCUT2D eigenvalue weighted by atomic mass is 10.0. The second kappa shape index (κ2) is 12.8. The summed E-state index contributed by atoms with van der Waals surface area (Å²) in [6.07, 6.45) is 3.95. The third kappa shape index (κ3) is 7.74. The fraction of sp³-hybridized carbons (Fsp3) is 0.462. The Balaban J connectivity index is 2.11. The van der Waals surface area contributed by atoms with Gasteiger partial charge in [-0.05, 0) is 55.0 Å². The molecular weight excluding hydrogens is 388 g/mol. The molecule has 2 aromatic rings. The molecule has 0 spiro atoms. The largest absolute Gasteiger partial charge is 0.497 e. The van der Waals surface area contributed by atoms with Crippen LogP contribution < -0.4 is 10.1 Å². The molecule has 1 N–H and O–H groups in total. The first-order valence-corrected chi connectivity index (χ1v) is 11.3. The number of nitrogens with zero attached hydrogens (tertiary/aromatic N) is 1. The van der Waals surface area contributed by atoms with Gasteiger partial charge in [-0.3, -0.25) is 9.59 Å². The Labute approximate surface area is 186 Å². The highest BCUT2D eigenvalue weighted by Crippen LogP contribution is 2.17. The maximum Gasteiger partial charge on any atom is 0.242 e. The quantitative estimate of drug-likeness (QED) is 0.510. The van der Waals surface area contributed by atoms with Crippen LogP contribution >= 0.6 is 0 Å². The van der Waals surface area contributed by atoms with Crippen LogP contribution in [0.1, 0.15) is 56.7 Å². The lowest BCUT2D eigenvalue weighted by Gasteiger charge is -2.29. The standard InChI is InChI=1S/C26H36N2O3/c1-5-7-17-27-26(30)20(3)28(19-23-9-8-10-24(18-23)31-4)25(29)16-15-22-13-11-21(6-2)12-14-22/h8-14,18,20H,5-7,15-17,19H2,1-4H3,(H,27,30). The minimum Gasteiger partial charge on any atom is -0.497 e. The molecule has 2 rings (SSSR count). The zero-order valence-corrected chi connectivity index (χ0v) is 19.3. The summed E-state index contributed by atoms with van der Waals surface area (Å²) < 4.78 is 5.31. The van der Waals surface area contributed by atoms with E-state index in [0.29, 0.717) is 25.9 Å². The van der Waals surface area contributed by atoms with Gasteiger partial charge in [0.1, 0.15) is 11.8 Å². The molecule has 5 heteroatoms. The number of ether oxygens (including phenoxy) is 1. The van der Waals surface area contributed by atoms with Crippen LogP contribution in [0.2, 0.25) is 0 Å². The fourth-order valence-electron chi connectivity index (χ4n) is 3.42. The van der Waals surface area contributed by atoms with Crippen molar-refractivity contribution in [2.24, 2.45) is 0 Å². The third-order valence-corrected chi connectivity index (χ3v) is 5.54. The van der Waals surface area contributed by atoms with Crippen LogP contribution in [-0.4, -0.2) is 36.4 Å². The maximum atomic E-state index is 13.2. The van der Waals surface area contributed by atoms with Gasteiger partial charge < -0.3 is 15.0 Å². The molecule has 0 heterocycles. The summed E-state index contributed by atoms with van der Waals surface area (Å²) in [4.78, 5) is 27.6. The van der Waals surface area contributed by atoms with Crippen molar-refractivity contribution in [2.45, 2.75) is 65.5 Å². The summed E-state index contributed by atoms with van der Waals surface area (Å²) in [6.45, 7) is 7.01. The van der Waals surface area contributed by atoms with E-state index in [1.165, 1.54) is 5.56 Å². The molecule has 1 unspecified atom stereocenters. The van der Waals surface area contributed by atoms with Crippen LogP contribution in [0.25, 0.3) is 0 Å². The van der Waals surface area contributed by atoms with Gasteiger partial charge in [0.2, 0.25) is 11.8 Å². The predicted octanol–water partition coefficient (Wildman–Crippen LogP) is 4.52. The molecule has 31 heavy (non-hydrogen) atoms. The summed E-state index contributed by atoms with van der Waals surface area (Å²) in [6, 6.07) is 15.5. The van der Waals surface area contributed by atoms with E-state index in [1.54, 1.807) is 18.9 Å². The van der Waals surface area contributed by atoms with Crippen LogP contribution in [0, 0.1) is 0 Å². The third-order valence-electron chi connectivity index (χ3n) is 5.54. The molecule has 0 bridgehead atoms. The van der Waals surface area contributed by atoms with E-state index in [4.69, 9.17) is 4.74 Å². The van der Waals surface area contributed by atoms with Gasteiger partial charge in [-0.2, -0.15) is 0 Å². The van der Waals surface area contributed by atoms with Crippen molar-refractivity contribution in [2.75, 3.05) is 13.7 Å². The van der Waals surface area contributed by atoms with Gasteiger partial charge in [0.15, 0.2) is 0 Å². The van der Waals surface area contributed by atoms with Crippen molar-refractivity contribution in [3.05, 3.63) is 65.2 Å². The number of hydrogen-bond donors (Lipinski definition) is 1. The fourth-order valence-corrected chi connectivity index (χ4v) is 3.42. The Bertz CT molecular complexity index is 833. The number of benzene rings is 2. The van der Waals surface area contributed by atoms with Crippen molar-refractivity contribution in [1.29, 1.82) is 0 Å². The van der Waals surface area contributed by atoms with Crippen molar-refractivity contribution in [3.8, 4) is 5.75 Å². The molecule has 0 radical (unpaired) electrons. The molecule has 0 saturated heterocycles. The molecule has 0 fully saturated rings. The molecule has 5 nitrogen and oxygen atoms in total. The molecule has 0 saturated carbocycles. The van der Waals surface area contributed by atoms with Crippen LogP contribution in [0.5, 0.6) is 5.75 Å². The summed E-state index contributed by atoms with van der Waals surface area (Å²) in [5, 5.41) is 2.96. The summed E-state index contributed by atoms with van der Waals surface area (Å²) in [5.41, 5.74) is 3.35. The van der Waals surface area contributed by atoms with E-state index in [1.807, 2.05) is 24.3 Å². The summed E-state index contributed by atoms with van der Waals surface area (Å²) in [5.74, 6) is 0.596. The van der Waals surface area contributed by atoms with Gasteiger partial charge in [-0.15, -0.1) is 0 Å². The van der Waals surface area contributed by atoms with Gasteiger partial charge in [0.05, 0.1) is 7.11 Å². The molecule has 0 aliphatic carbocycles. The topological polar surface area (TPSA) is 58.6 Å². The minimum absolute atomic E-state index is 0.0273. The van der Waals surface area contributed by atoms with Gasteiger partial charge in [-0.1, -0.05) is 56.7 Å². The lowest BCUT2D eigenvalue weighted by Crippen LogP contribution is -2.47. The number of unbranched alkanes of at least 4 members (excludes halogenated alkanes) is 1. The second-order valence-electron chi connectivity index (χ2n) is 7.86. The number of amides is 2. The van der Waals surface area contributed by atoms with E-state index in [2.05, 4.69) is 43.4 Å². The normalized spacial score (nSPS) is 11.6. The zero-order valence-electron chi connectivity index (χ0n) is 19.3. The molecule has 168 valence electrons. The average molecular weight is 425 g/mol. The van der Waals surface area contributed by atoms with Crippen LogP contribution in [-0.2, 0) is 29.0 Å². The van der Waals surface area contributed by atoms with E-state index in [9.17, 15) is 9.59 Å². The minimum atomic E-state index is -0.543. The highest BCUT2D eigenvalue weighted by Gasteiger charge is 2.25. The first kappa shape index (κ1) is 24.4. The second-order valence-corrected chi connectivity index (χ2v) is 7.86. The van der Waals surface area contributed by atoms with Gasteiger partial charge in [-0.25, -0.2) is 0 Å². The Morgan fingerprint density at radius 1 is 1.03 bits per heavy atom. The highest BCUT2D eigenvalue weighted by atomic mass is 16.5. The first-order valence-electron chi connectivity index (χ1n) is 11.3. The van der Waals surface area contributed by atoms with E-state index < -0.39 is 6.04 Å². The van der Waals surface area contributed by atoms with Crippen molar-refractivity contribution < 1.29 is 14.3 Å². The van der Waals surface area contributed by atoms with E-state index in [-0.39, 0.29) is 11.8 Å². The lowest BCUT2D eigenvalue weighted by molar-refractivity contribution is -0.140. The van der Waals surface area contributed by atoms with Crippen molar-refractivity contribution in [3.63, 3.8) is 0 Å². The summed E-state index contributed by atoms with van der Waals surface area (Å²) >= 11 is 0. The monoisotopic (exact) mass is 424 g/mol. The van der Waals surface area contributed by atoms with E-state index in [0.717, 1.165) is 36.1 Å². The Hall–Kier alpha value is -2.82. The summed E-state index contributed by atoms with van der Waals surface area (Å²) in [7, 11) is 1.62. The zero-order chi connectivity index (χ0) is 22.6. The van der Waals surface area contributed by atoms with Gasteiger partial charge >= 0.3 is 0 Å². The number of carbonyl (C=O) groups is 2. The highest BCUT2D eigenvalue weighted by molar-refractivity contribution is 5.87. The number of aryl methyl sites for hydroxylation is 2. The molecule has 2 aromatic carbocycles. The van der Waals surface area contributed by atoms with E-state index >= 15 is 0 Å². The molecule has 0 aliphatic heterocycles. The number of methoxy groups -OCH3 is 1. The van der Waals surface area contributed by atoms with Crippen molar-refractivity contribution in [1.82, 2.24) is 10.2 Å². The number of hydrogen-bond acceptors (Lipinski definition) is 3. The smallest absolute Gasteiger partial charge is 0.242 e. The average Bonchev–Trinajstić information content (AvgIpc) is 2.81. The molecule has 0 aliphatic rings. The SMILES string of the molecule is CCCCNC(=O)C(C)N(Cc1cccc(OC)c1)C(=O)CCc1ccc(CC)cc1. The van der Waals surface area contributed by atoms with Gasteiger partial charge in [0, 0.05) is 19.5 Å². The van der Waals surface area contributed by atoms with Gasteiger partial charge in [0.25, 0.3) is 0 Å². The predicted molar refractivity (Wildman–Crippen MR) is 125 cm³/mol. The number of carbonyl (C=O) groups excluding carboxylic acids is 2. The van der Waals surface area contributed by atoms with Crippen LogP contribution in [0.3, 0.4) is 0 Å². The first-order chi connectivity index (χ1) is 15.0. The maximum absolute atomic E-state index is 13.2. The molecule has 0 aromatic heterocycles.